The number of ether oxygens (including phenoxy) is 1. The molecule has 0 saturated carbocycles. The number of hydrogen-bond donors (Lipinski definition) is 2. The van der Waals surface area contributed by atoms with Crippen LogP contribution in [-0.2, 0) is 16.0 Å². The number of carbonyl (C=O) groups excluding carboxylic acids is 2. The molecule has 0 bridgehead atoms. The number of rotatable bonds is 5. The molecule has 0 amide bonds. The molecule has 0 saturated heterocycles. The lowest BCUT2D eigenvalue weighted by atomic mass is 9.99. The van der Waals surface area contributed by atoms with Crippen LogP contribution in [-0.4, -0.2) is 34.7 Å². The van der Waals surface area contributed by atoms with Crippen LogP contribution in [0.25, 0.3) is 0 Å². The van der Waals surface area contributed by atoms with Crippen LogP contribution in [0.4, 0.5) is 0 Å². The van der Waals surface area contributed by atoms with Crippen molar-refractivity contribution in [2.75, 3.05) is 6.61 Å². The summed E-state index contributed by atoms with van der Waals surface area (Å²) in [6.07, 6.45) is 0.0805. The van der Waals surface area contributed by atoms with Gasteiger partial charge < -0.3 is 14.9 Å². The molecule has 2 N–H and O–H groups in total. The smallest absolute Gasteiger partial charge is 0.346 e. The van der Waals surface area contributed by atoms with Gasteiger partial charge >= 0.3 is 17.9 Å². The van der Waals surface area contributed by atoms with Gasteiger partial charge in [-0.1, -0.05) is 18.7 Å². The molecule has 6 heteroatoms. The van der Waals surface area contributed by atoms with Crippen molar-refractivity contribution in [3.05, 3.63) is 47.0 Å². The van der Waals surface area contributed by atoms with Crippen molar-refractivity contribution < 1.29 is 29.3 Å². The second kappa shape index (κ2) is 6.63. The first-order chi connectivity index (χ1) is 9.38. The van der Waals surface area contributed by atoms with Crippen molar-refractivity contribution >= 4 is 17.9 Å². The van der Waals surface area contributed by atoms with Gasteiger partial charge in [-0.2, -0.15) is 0 Å². The Labute approximate surface area is 115 Å². The van der Waals surface area contributed by atoms with Crippen LogP contribution >= 0.6 is 0 Å². The Morgan fingerprint density at radius 2 is 1.95 bits per heavy atom. The first-order valence-electron chi connectivity index (χ1n) is 5.76. The minimum atomic E-state index is -1.33. The number of hydrogen-bond acceptors (Lipinski definition) is 5. The highest BCUT2D eigenvalue weighted by Crippen LogP contribution is 2.17. The molecule has 0 aliphatic rings. The lowest BCUT2D eigenvalue weighted by Gasteiger charge is -2.09. The zero-order chi connectivity index (χ0) is 15.3. The third kappa shape index (κ3) is 3.52. The largest absolute Gasteiger partial charge is 0.478 e. The Morgan fingerprint density at radius 3 is 2.45 bits per heavy atom. The van der Waals surface area contributed by atoms with E-state index in [2.05, 4.69) is 11.3 Å². The minimum Gasteiger partial charge on any atom is -0.478 e. The van der Waals surface area contributed by atoms with Gasteiger partial charge in [0.05, 0.1) is 11.1 Å². The van der Waals surface area contributed by atoms with E-state index in [-0.39, 0.29) is 35.3 Å². The van der Waals surface area contributed by atoms with E-state index in [0.29, 0.717) is 0 Å². The standard InChI is InChI=1S/C14H14O6/c1-8(2)13(18)20-14(19)10-5-3-4-9(6-7-15)11(10)12(16)17/h3-5,15H,1,6-7H2,2H3,(H,16,17). The summed E-state index contributed by atoms with van der Waals surface area (Å²) in [5, 5.41) is 18.1. The summed E-state index contributed by atoms with van der Waals surface area (Å²) in [4.78, 5) is 34.4. The van der Waals surface area contributed by atoms with Gasteiger partial charge in [-0.15, -0.1) is 0 Å². The molecule has 0 heterocycles. The molecule has 1 aromatic rings. The number of esters is 2. The van der Waals surface area contributed by atoms with Crippen molar-refractivity contribution in [2.45, 2.75) is 13.3 Å². The second-order valence-corrected chi connectivity index (χ2v) is 4.08. The summed E-state index contributed by atoms with van der Waals surface area (Å²) < 4.78 is 4.52. The van der Waals surface area contributed by atoms with Gasteiger partial charge in [-0.05, 0) is 25.0 Å². The zero-order valence-electron chi connectivity index (χ0n) is 10.9. The van der Waals surface area contributed by atoms with Gasteiger partial charge in [0.15, 0.2) is 0 Å². The first-order valence-corrected chi connectivity index (χ1v) is 5.76. The summed E-state index contributed by atoms with van der Waals surface area (Å²) in [5.74, 6) is -3.31. The van der Waals surface area contributed by atoms with Gasteiger partial charge in [0.25, 0.3) is 0 Å². The Bertz CT molecular complexity index is 573. The van der Waals surface area contributed by atoms with Crippen LogP contribution in [0.2, 0.25) is 0 Å². The molecule has 1 aromatic carbocycles. The van der Waals surface area contributed by atoms with Gasteiger partial charge in [0, 0.05) is 12.2 Å². The van der Waals surface area contributed by atoms with Crippen molar-refractivity contribution in [2.24, 2.45) is 0 Å². The van der Waals surface area contributed by atoms with Gasteiger partial charge in [-0.25, -0.2) is 14.4 Å². The maximum absolute atomic E-state index is 11.8. The fourth-order valence-electron chi connectivity index (χ4n) is 1.58. The molecule has 0 aliphatic carbocycles. The average Bonchev–Trinajstić information content (AvgIpc) is 2.38. The van der Waals surface area contributed by atoms with E-state index in [1.54, 1.807) is 0 Å². The molecule has 0 atom stereocenters. The normalized spacial score (nSPS) is 9.90. The minimum absolute atomic E-state index is 0.0294. The van der Waals surface area contributed by atoms with Gasteiger partial charge in [0.2, 0.25) is 0 Å². The van der Waals surface area contributed by atoms with Crippen LogP contribution in [0, 0.1) is 0 Å². The van der Waals surface area contributed by atoms with Crippen LogP contribution in [0.1, 0.15) is 33.2 Å². The van der Waals surface area contributed by atoms with E-state index in [1.165, 1.54) is 25.1 Å². The molecule has 1 rings (SSSR count). The Kier molecular flexibility index (Phi) is 5.16. The molecule has 0 aliphatic heterocycles. The Hall–Kier alpha value is -2.47. The summed E-state index contributed by atoms with van der Waals surface area (Å²) in [7, 11) is 0. The molecule has 0 aromatic heterocycles. The highest BCUT2D eigenvalue weighted by Gasteiger charge is 2.23. The molecule has 0 fully saturated rings. The number of benzene rings is 1. The van der Waals surface area contributed by atoms with Crippen molar-refractivity contribution in [3.63, 3.8) is 0 Å². The number of carboxylic acid groups (broad SMARTS) is 1. The molecule has 0 radical (unpaired) electrons. The number of aliphatic hydroxyl groups excluding tert-OH is 1. The molecular weight excluding hydrogens is 264 g/mol. The zero-order valence-corrected chi connectivity index (χ0v) is 10.9. The van der Waals surface area contributed by atoms with E-state index in [0.717, 1.165) is 0 Å². The lowest BCUT2D eigenvalue weighted by Crippen LogP contribution is -2.18. The molecule has 20 heavy (non-hydrogen) atoms. The Balaban J connectivity index is 3.20. The predicted octanol–water partition coefficient (Wildman–Crippen LogP) is 1.18. The summed E-state index contributed by atoms with van der Waals surface area (Å²) in [6, 6.07) is 4.19. The predicted molar refractivity (Wildman–Crippen MR) is 69.4 cm³/mol. The number of aromatic carboxylic acids is 1. The second-order valence-electron chi connectivity index (χ2n) is 4.08. The van der Waals surface area contributed by atoms with Gasteiger partial charge in [-0.3, -0.25) is 0 Å². The number of carboxylic acids is 1. The van der Waals surface area contributed by atoms with E-state index >= 15 is 0 Å². The summed E-state index contributed by atoms with van der Waals surface area (Å²) in [5.41, 5.74) is -0.196. The molecule has 106 valence electrons. The number of aliphatic hydroxyl groups is 1. The molecule has 0 spiro atoms. The average molecular weight is 278 g/mol. The quantitative estimate of drug-likeness (QED) is 0.476. The van der Waals surface area contributed by atoms with Crippen LogP contribution in [0.15, 0.2) is 30.4 Å². The third-order valence-electron chi connectivity index (χ3n) is 2.50. The van der Waals surface area contributed by atoms with Crippen LogP contribution < -0.4 is 0 Å². The molecule has 6 nitrogen and oxygen atoms in total. The van der Waals surface area contributed by atoms with E-state index in [4.69, 9.17) is 5.11 Å². The van der Waals surface area contributed by atoms with Crippen molar-refractivity contribution in [3.8, 4) is 0 Å². The molecular formula is C14H14O6. The fraction of sp³-hybridized carbons (Fsp3) is 0.214. The highest BCUT2D eigenvalue weighted by atomic mass is 16.6. The maximum atomic E-state index is 11.8. The van der Waals surface area contributed by atoms with E-state index < -0.39 is 17.9 Å². The topological polar surface area (TPSA) is 101 Å². The fourth-order valence-corrected chi connectivity index (χ4v) is 1.58. The summed E-state index contributed by atoms with van der Waals surface area (Å²) >= 11 is 0. The van der Waals surface area contributed by atoms with E-state index in [1.807, 2.05) is 0 Å². The lowest BCUT2D eigenvalue weighted by molar-refractivity contribution is -0.133. The Morgan fingerprint density at radius 1 is 1.30 bits per heavy atom. The van der Waals surface area contributed by atoms with Gasteiger partial charge in [0.1, 0.15) is 0 Å². The first kappa shape index (κ1) is 15.6. The van der Waals surface area contributed by atoms with Crippen molar-refractivity contribution in [1.29, 1.82) is 0 Å². The van der Waals surface area contributed by atoms with Crippen LogP contribution in [0.5, 0.6) is 0 Å². The van der Waals surface area contributed by atoms with E-state index in [9.17, 15) is 19.5 Å². The highest BCUT2D eigenvalue weighted by molar-refractivity contribution is 6.08. The van der Waals surface area contributed by atoms with Crippen molar-refractivity contribution in [1.82, 2.24) is 0 Å². The number of carbonyl (C=O) groups is 3. The van der Waals surface area contributed by atoms with Crippen LogP contribution in [0.3, 0.4) is 0 Å². The monoisotopic (exact) mass is 278 g/mol. The molecule has 0 unspecified atom stereocenters. The SMILES string of the molecule is C=C(C)C(=O)OC(=O)c1cccc(CCO)c1C(=O)O. The third-order valence-corrected chi connectivity index (χ3v) is 2.50. The maximum Gasteiger partial charge on any atom is 0.346 e. The summed E-state index contributed by atoms with van der Waals surface area (Å²) in [6.45, 7) is 4.44.